The predicted molar refractivity (Wildman–Crippen MR) is 136 cm³/mol. The zero-order valence-electron chi connectivity index (χ0n) is 19.2. The zero-order chi connectivity index (χ0) is 22.0. The van der Waals surface area contributed by atoms with Gasteiger partial charge < -0.3 is 0 Å². The maximum Gasteiger partial charge on any atom is 0.0507 e. The van der Waals surface area contributed by atoms with Crippen LogP contribution in [0.5, 0.6) is 0 Å². The third-order valence-corrected chi connectivity index (χ3v) is 7.61. The van der Waals surface area contributed by atoms with E-state index in [2.05, 4.69) is 105 Å². The first-order valence-corrected chi connectivity index (χ1v) is 11.8. The van der Waals surface area contributed by atoms with E-state index in [1.807, 2.05) is 13.8 Å². The summed E-state index contributed by atoms with van der Waals surface area (Å²) in [4.78, 5) is 0. The topological polar surface area (TPSA) is 0 Å². The van der Waals surface area contributed by atoms with Crippen molar-refractivity contribution in [2.45, 2.75) is 39.0 Å². The van der Waals surface area contributed by atoms with E-state index in [4.69, 9.17) is 0 Å². The first kappa shape index (κ1) is 19.3. The molecule has 0 saturated heterocycles. The summed E-state index contributed by atoms with van der Waals surface area (Å²) in [6.07, 6.45) is 4.92. The van der Waals surface area contributed by atoms with Crippen molar-refractivity contribution in [2.75, 3.05) is 0 Å². The highest BCUT2D eigenvalue weighted by Crippen LogP contribution is 2.65. The smallest absolute Gasteiger partial charge is 0.0507 e. The minimum absolute atomic E-state index is 0.151. The monoisotopic (exact) mass is 412 g/mol. The lowest BCUT2D eigenvalue weighted by Gasteiger charge is -2.40. The molecule has 0 N–H and O–H groups in total. The lowest BCUT2D eigenvalue weighted by Crippen LogP contribution is -2.33. The van der Waals surface area contributed by atoms with E-state index in [-0.39, 0.29) is 5.41 Å². The Morgan fingerprint density at radius 2 is 1.28 bits per heavy atom. The van der Waals surface area contributed by atoms with Gasteiger partial charge in [-0.2, -0.15) is 0 Å². The van der Waals surface area contributed by atoms with Crippen LogP contribution >= 0.6 is 0 Å². The van der Waals surface area contributed by atoms with Crippen LogP contribution in [0.1, 0.15) is 58.7 Å². The third kappa shape index (κ3) is 2.22. The number of hydrogen-bond acceptors (Lipinski definition) is 0. The molecule has 3 aliphatic carbocycles. The summed E-state index contributed by atoms with van der Waals surface area (Å²) < 4.78 is 0. The fourth-order valence-electron chi connectivity index (χ4n) is 6.41. The van der Waals surface area contributed by atoms with Crippen molar-refractivity contribution in [3.8, 4) is 22.3 Å². The molecule has 0 aliphatic heterocycles. The van der Waals surface area contributed by atoms with Crippen molar-refractivity contribution < 1.29 is 0 Å². The number of aryl methyl sites for hydroxylation is 2. The quantitative estimate of drug-likeness (QED) is 0.272. The van der Waals surface area contributed by atoms with Crippen molar-refractivity contribution >= 4 is 6.08 Å². The Labute approximate surface area is 191 Å². The molecule has 0 amide bonds. The molecule has 0 fully saturated rings. The van der Waals surface area contributed by atoms with Crippen LogP contribution in [0.2, 0.25) is 0 Å². The highest BCUT2D eigenvalue weighted by molar-refractivity contribution is 5.92. The first-order valence-electron chi connectivity index (χ1n) is 11.8. The summed E-state index contributed by atoms with van der Waals surface area (Å²) in [5.74, 6) is 0.312. The minimum Gasteiger partial charge on any atom is -0.0683 e. The molecule has 1 spiro atoms. The van der Waals surface area contributed by atoms with Crippen LogP contribution in [0.15, 0.2) is 84.9 Å². The van der Waals surface area contributed by atoms with Crippen LogP contribution < -0.4 is 0 Å². The molecular weight excluding hydrogens is 384 g/mol. The van der Waals surface area contributed by atoms with Gasteiger partial charge >= 0.3 is 0 Å². The molecule has 1 unspecified atom stereocenters. The average molecular weight is 413 g/mol. The summed E-state index contributed by atoms with van der Waals surface area (Å²) in [6.45, 7) is 8.47. The molecule has 0 heterocycles. The number of rotatable bonds is 0. The van der Waals surface area contributed by atoms with Gasteiger partial charge in [-0.15, -0.1) is 0 Å². The van der Waals surface area contributed by atoms with Gasteiger partial charge in [0.05, 0.1) is 5.41 Å². The van der Waals surface area contributed by atoms with E-state index in [0.717, 1.165) is 0 Å². The fraction of sp³-hybridized carbons (Fsp3) is 0.188. The van der Waals surface area contributed by atoms with Gasteiger partial charge in [-0.25, -0.2) is 0 Å². The molecule has 0 radical (unpaired) electrons. The molecule has 0 nitrogen and oxygen atoms in total. The molecule has 0 bridgehead atoms. The van der Waals surface area contributed by atoms with E-state index in [1.54, 1.807) is 0 Å². The second-order valence-electron chi connectivity index (χ2n) is 9.07. The summed E-state index contributed by atoms with van der Waals surface area (Å²) in [7, 11) is 0. The number of fused-ring (bicyclic) bond motifs is 9. The summed E-state index contributed by atoms with van der Waals surface area (Å²) in [5, 5.41) is 0. The summed E-state index contributed by atoms with van der Waals surface area (Å²) >= 11 is 0. The zero-order valence-corrected chi connectivity index (χ0v) is 19.2. The van der Waals surface area contributed by atoms with E-state index in [1.165, 1.54) is 61.2 Å². The SMILES string of the molecule is CC.Cc1ccc2c(c1)C1c3c-2ccc(C)c3C=CC12c1ccccc1-c1ccccc12. The largest absolute Gasteiger partial charge is 0.0683 e. The molecule has 0 aromatic heterocycles. The molecule has 0 saturated carbocycles. The standard InChI is InChI=1S/C30H22.C2H6/c1-18-11-13-21-24-14-12-19(2)20-15-16-30(29(28(20)24)25(21)17-18)26-9-5-3-7-22(26)23-8-4-6-10-27(23)30;1-2/h3-17,29H,1-2H3;1-2H3. The Kier molecular flexibility index (Phi) is 4.11. The van der Waals surface area contributed by atoms with Crippen molar-refractivity contribution in [2.24, 2.45) is 0 Å². The molecule has 32 heavy (non-hydrogen) atoms. The Morgan fingerprint density at radius 3 is 1.97 bits per heavy atom. The normalized spacial score (nSPS) is 17.2. The number of benzene rings is 4. The van der Waals surface area contributed by atoms with Crippen molar-refractivity contribution in [1.82, 2.24) is 0 Å². The van der Waals surface area contributed by atoms with Crippen LogP contribution in [0, 0.1) is 13.8 Å². The number of hydrogen-bond donors (Lipinski definition) is 0. The van der Waals surface area contributed by atoms with Crippen LogP contribution in [0.25, 0.3) is 28.3 Å². The molecule has 4 aromatic carbocycles. The Hall–Kier alpha value is -3.38. The van der Waals surface area contributed by atoms with Crippen molar-refractivity contribution in [3.63, 3.8) is 0 Å². The number of allylic oxidation sites excluding steroid dienone is 1. The van der Waals surface area contributed by atoms with Gasteiger partial charge in [0.2, 0.25) is 0 Å². The van der Waals surface area contributed by atoms with Gasteiger partial charge in [0, 0.05) is 5.92 Å². The summed E-state index contributed by atoms with van der Waals surface area (Å²) in [5.41, 5.74) is 15.5. The molecule has 0 heteroatoms. The molecule has 7 rings (SSSR count). The maximum atomic E-state index is 2.51. The minimum atomic E-state index is -0.151. The molecular formula is C32H28. The predicted octanol–water partition coefficient (Wildman–Crippen LogP) is 8.44. The van der Waals surface area contributed by atoms with Crippen LogP contribution in [-0.4, -0.2) is 0 Å². The van der Waals surface area contributed by atoms with Gasteiger partial charge in [-0.05, 0) is 69.5 Å². The Balaban J connectivity index is 0.000000953. The molecule has 1 atom stereocenters. The van der Waals surface area contributed by atoms with Gasteiger partial charge in [0.15, 0.2) is 0 Å². The van der Waals surface area contributed by atoms with Crippen LogP contribution in [-0.2, 0) is 5.41 Å². The average Bonchev–Trinajstić information content (AvgIpc) is 3.31. The maximum absolute atomic E-state index is 2.51. The van der Waals surface area contributed by atoms with Crippen LogP contribution in [0.4, 0.5) is 0 Å². The summed E-state index contributed by atoms with van der Waals surface area (Å²) in [6, 6.07) is 29.8. The second-order valence-corrected chi connectivity index (χ2v) is 9.07. The highest BCUT2D eigenvalue weighted by Gasteiger charge is 2.53. The van der Waals surface area contributed by atoms with Gasteiger partial charge in [-0.1, -0.05) is 110 Å². The molecule has 3 aliphatic rings. The Bertz CT molecular complexity index is 1370. The van der Waals surface area contributed by atoms with Crippen LogP contribution in [0.3, 0.4) is 0 Å². The van der Waals surface area contributed by atoms with Gasteiger partial charge in [0.1, 0.15) is 0 Å². The fourth-order valence-corrected chi connectivity index (χ4v) is 6.41. The van der Waals surface area contributed by atoms with E-state index >= 15 is 0 Å². The molecule has 156 valence electrons. The Morgan fingerprint density at radius 1 is 0.656 bits per heavy atom. The third-order valence-electron chi connectivity index (χ3n) is 7.61. The van der Waals surface area contributed by atoms with E-state index in [0.29, 0.717) is 5.92 Å². The van der Waals surface area contributed by atoms with E-state index < -0.39 is 0 Å². The van der Waals surface area contributed by atoms with E-state index in [9.17, 15) is 0 Å². The highest BCUT2D eigenvalue weighted by atomic mass is 14.5. The van der Waals surface area contributed by atoms with Crippen molar-refractivity contribution in [1.29, 1.82) is 0 Å². The lowest BCUT2D eigenvalue weighted by atomic mass is 9.61. The lowest BCUT2D eigenvalue weighted by molar-refractivity contribution is 0.575. The second kappa shape index (κ2) is 6.81. The van der Waals surface area contributed by atoms with Gasteiger partial charge in [-0.3, -0.25) is 0 Å². The first-order chi connectivity index (χ1) is 15.7. The van der Waals surface area contributed by atoms with Crippen molar-refractivity contribution in [3.05, 3.63) is 124 Å². The molecule has 4 aromatic rings. The van der Waals surface area contributed by atoms with Gasteiger partial charge in [0.25, 0.3) is 0 Å².